The van der Waals surface area contributed by atoms with Crippen molar-refractivity contribution in [2.24, 2.45) is 5.41 Å². The van der Waals surface area contributed by atoms with Crippen molar-refractivity contribution < 1.29 is 18.8 Å². The molecular weight excluding hydrogens is 327 g/mol. The predicted molar refractivity (Wildman–Crippen MR) is 89.7 cm³/mol. The Labute approximate surface area is 145 Å². The summed E-state index contributed by atoms with van der Waals surface area (Å²) in [6.45, 7) is 5.41. The third kappa shape index (κ3) is 4.46. The number of pyridine rings is 1. The summed E-state index contributed by atoms with van der Waals surface area (Å²) in [5.41, 5.74) is -0.273. The fourth-order valence-electron chi connectivity index (χ4n) is 2.44. The van der Waals surface area contributed by atoms with Gasteiger partial charge in [-0.25, -0.2) is 4.98 Å². The van der Waals surface area contributed by atoms with Crippen molar-refractivity contribution in [3.63, 3.8) is 0 Å². The highest BCUT2D eigenvalue weighted by Crippen LogP contribution is 2.25. The molecule has 2 N–H and O–H groups in total. The van der Waals surface area contributed by atoms with E-state index in [1.54, 1.807) is 20.8 Å². The smallest absolute Gasteiger partial charge is 0.249 e. The standard InChI is InChI=1S/C17H21FN4O3/c1-17(2,3)11(19)9-14(23)21-16(25)10-7-8-15(24)22(10)13-6-4-5-12(18)20-13/h4-6,10,19H,7-9H2,1-3H3,(H,21,23,25). The van der Waals surface area contributed by atoms with Gasteiger partial charge >= 0.3 is 0 Å². The van der Waals surface area contributed by atoms with Gasteiger partial charge in [0.05, 0.1) is 6.42 Å². The minimum Gasteiger partial charge on any atom is -0.309 e. The van der Waals surface area contributed by atoms with Gasteiger partial charge in [-0.15, -0.1) is 0 Å². The number of amides is 3. The van der Waals surface area contributed by atoms with Crippen LogP contribution in [0.5, 0.6) is 0 Å². The van der Waals surface area contributed by atoms with Crippen molar-refractivity contribution in [2.75, 3.05) is 4.90 Å². The van der Waals surface area contributed by atoms with E-state index in [0.717, 1.165) is 11.0 Å². The first-order chi connectivity index (χ1) is 11.6. The maximum atomic E-state index is 13.3. The SMILES string of the molecule is CC(C)(C)C(=N)CC(=O)NC(=O)C1CCC(=O)N1c1cccc(F)n1. The Balaban J connectivity index is 2.09. The number of imide groups is 1. The summed E-state index contributed by atoms with van der Waals surface area (Å²) >= 11 is 0. The average Bonchev–Trinajstić information content (AvgIpc) is 2.88. The van der Waals surface area contributed by atoms with Crippen LogP contribution in [-0.2, 0) is 14.4 Å². The van der Waals surface area contributed by atoms with Gasteiger partial charge in [0.15, 0.2) is 0 Å². The van der Waals surface area contributed by atoms with Crippen LogP contribution in [0.15, 0.2) is 18.2 Å². The van der Waals surface area contributed by atoms with E-state index in [-0.39, 0.29) is 36.7 Å². The third-order valence-corrected chi connectivity index (χ3v) is 3.97. The highest BCUT2D eigenvalue weighted by Gasteiger charge is 2.38. The minimum atomic E-state index is -0.922. The van der Waals surface area contributed by atoms with E-state index in [1.165, 1.54) is 12.1 Å². The first kappa shape index (κ1) is 18.7. The van der Waals surface area contributed by atoms with Crippen molar-refractivity contribution >= 4 is 29.3 Å². The van der Waals surface area contributed by atoms with Gasteiger partial charge < -0.3 is 5.41 Å². The van der Waals surface area contributed by atoms with E-state index in [4.69, 9.17) is 5.41 Å². The molecule has 1 atom stereocenters. The lowest BCUT2D eigenvalue weighted by Crippen LogP contribution is -2.47. The van der Waals surface area contributed by atoms with Crippen LogP contribution in [0.1, 0.15) is 40.0 Å². The molecule has 2 rings (SSSR count). The lowest BCUT2D eigenvalue weighted by molar-refractivity contribution is -0.131. The van der Waals surface area contributed by atoms with Crippen molar-refractivity contribution in [1.82, 2.24) is 10.3 Å². The molecule has 25 heavy (non-hydrogen) atoms. The van der Waals surface area contributed by atoms with E-state index < -0.39 is 29.2 Å². The van der Waals surface area contributed by atoms with E-state index in [1.807, 2.05) is 0 Å². The molecule has 0 aromatic carbocycles. The Bertz CT molecular complexity index is 727. The lowest BCUT2D eigenvalue weighted by atomic mass is 9.88. The fraction of sp³-hybridized carbons (Fsp3) is 0.471. The highest BCUT2D eigenvalue weighted by atomic mass is 19.1. The van der Waals surface area contributed by atoms with Crippen LogP contribution in [0.4, 0.5) is 10.2 Å². The molecule has 8 heteroatoms. The van der Waals surface area contributed by atoms with Gasteiger partial charge in [0, 0.05) is 17.5 Å². The fourth-order valence-corrected chi connectivity index (χ4v) is 2.44. The minimum absolute atomic E-state index is 0.0394. The molecule has 0 aliphatic carbocycles. The number of aromatic nitrogens is 1. The van der Waals surface area contributed by atoms with Crippen LogP contribution in [0.25, 0.3) is 0 Å². The summed E-state index contributed by atoms with van der Waals surface area (Å²) in [4.78, 5) is 41.2. The number of nitrogens with zero attached hydrogens (tertiary/aromatic N) is 2. The van der Waals surface area contributed by atoms with E-state index >= 15 is 0 Å². The molecule has 1 aromatic rings. The summed E-state index contributed by atoms with van der Waals surface area (Å²) in [5.74, 6) is -2.32. The van der Waals surface area contributed by atoms with Crippen molar-refractivity contribution in [1.29, 1.82) is 5.41 Å². The van der Waals surface area contributed by atoms with Crippen LogP contribution >= 0.6 is 0 Å². The maximum Gasteiger partial charge on any atom is 0.249 e. The molecule has 1 unspecified atom stereocenters. The number of carbonyl (C=O) groups is 3. The zero-order chi connectivity index (χ0) is 18.8. The van der Waals surface area contributed by atoms with Crippen LogP contribution in [-0.4, -0.2) is 34.5 Å². The molecule has 1 saturated heterocycles. The molecule has 1 aliphatic rings. The molecule has 3 amide bonds. The van der Waals surface area contributed by atoms with Crippen LogP contribution in [0, 0.1) is 16.8 Å². The molecular formula is C17H21FN4O3. The average molecular weight is 348 g/mol. The summed E-state index contributed by atoms with van der Waals surface area (Å²) in [6.07, 6.45) is 0.128. The van der Waals surface area contributed by atoms with E-state index in [0.29, 0.717) is 0 Å². The third-order valence-electron chi connectivity index (χ3n) is 3.97. The second kappa shape index (κ2) is 7.08. The molecule has 2 heterocycles. The Morgan fingerprint density at radius 2 is 2.08 bits per heavy atom. The predicted octanol–water partition coefficient (Wildman–Crippen LogP) is 1.81. The number of halogens is 1. The van der Waals surface area contributed by atoms with Crippen molar-refractivity contribution in [2.45, 2.75) is 46.1 Å². The number of hydrogen-bond acceptors (Lipinski definition) is 5. The molecule has 1 aliphatic heterocycles. The molecule has 0 radical (unpaired) electrons. The van der Waals surface area contributed by atoms with Gasteiger partial charge in [-0.2, -0.15) is 4.39 Å². The first-order valence-corrected chi connectivity index (χ1v) is 7.96. The van der Waals surface area contributed by atoms with E-state index in [2.05, 4.69) is 10.3 Å². The lowest BCUT2D eigenvalue weighted by Gasteiger charge is -2.23. The normalized spacial score (nSPS) is 17.5. The zero-order valence-corrected chi connectivity index (χ0v) is 14.4. The topological polar surface area (TPSA) is 103 Å². The molecule has 0 bridgehead atoms. The van der Waals surface area contributed by atoms with Gasteiger partial charge in [-0.05, 0) is 18.6 Å². The number of nitrogens with one attached hydrogen (secondary N) is 2. The summed E-state index contributed by atoms with van der Waals surface area (Å²) < 4.78 is 13.3. The molecule has 134 valence electrons. The second-order valence-electron chi connectivity index (χ2n) is 6.95. The largest absolute Gasteiger partial charge is 0.309 e. The summed E-state index contributed by atoms with van der Waals surface area (Å²) in [5, 5.41) is 10.1. The van der Waals surface area contributed by atoms with Crippen molar-refractivity contribution in [3.05, 3.63) is 24.1 Å². The van der Waals surface area contributed by atoms with Crippen LogP contribution < -0.4 is 10.2 Å². The summed E-state index contributed by atoms with van der Waals surface area (Å²) in [6, 6.07) is 3.05. The van der Waals surface area contributed by atoms with Gasteiger partial charge in [0.2, 0.25) is 23.7 Å². The molecule has 0 spiro atoms. The maximum absolute atomic E-state index is 13.3. The Hall–Kier alpha value is -2.64. The van der Waals surface area contributed by atoms with E-state index in [9.17, 15) is 18.8 Å². The number of hydrogen-bond donors (Lipinski definition) is 2. The van der Waals surface area contributed by atoms with Gasteiger partial charge in [-0.1, -0.05) is 26.8 Å². The van der Waals surface area contributed by atoms with Crippen LogP contribution in [0.2, 0.25) is 0 Å². The first-order valence-electron chi connectivity index (χ1n) is 7.96. The van der Waals surface area contributed by atoms with Gasteiger partial charge in [0.25, 0.3) is 0 Å². The molecule has 0 saturated carbocycles. The second-order valence-corrected chi connectivity index (χ2v) is 6.95. The van der Waals surface area contributed by atoms with Crippen molar-refractivity contribution in [3.8, 4) is 0 Å². The molecule has 1 aromatic heterocycles. The quantitative estimate of drug-likeness (QED) is 0.640. The molecule has 7 nitrogen and oxygen atoms in total. The number of anilines is 1. The molecule has 1 fully saturated rings. The monoisotopic (exact) mass is 348 g/mol. The Morgan fingerprint density at radius 1 is 1.40 bits per heavy atom. The van der Waals surface area contributed by atoms with Gasteiger partial charge in [0.1, 0.15) is 11.9 Å². The summed E-state index contributed by atoms with van der Waals surface area (Å²) in [7, 11) is 0. The highest BCUT2D eigenvalue weighted by molar-refractivity contribution is 6.11. The van der Waals surface area contributed by atoms with Gasteiger partial charge in [-0.3, -0.25) is 24.6 Å². The van der Waals surface area contributed by atoms with Crippen LogP contribution in [0.3, 0.4) is 0 Å². The number of carbonyl (C=O) groups excluding carboxylic acids is 3. The Kier molecular flexibility index (Phi) is 5.30. The number of rotatable bonds is 4. The Morgan fingerprint density at radius 3 is 2.68 bits per heavy atom. The zero-order valence-electron chi connectivity index (χ0n) is 14.4.